The molecule has 2 aromatic rings. The normalized spacial score (nSPS) is 13.2. The highest BCUT2D eigenvalue weighted by Gasteiger charge is 2.19. The first-order valence-corrected chi connectivity index (χ1v) is 9.17. The molecule has 1 aliphatic heterocycles. The van der Waals surface area contributed by atoms with Gasteiger partial charge >= 0.3 is 5.97 Å². The maximum Gasteiger partial charge on any atom is 0.311 e. The molecule has 0 radical (unpaired) electrons. The molecule has 0 bridgehead atoms. The minimum Gasteiger partial charge on any atom is -0.486 e. The van der Waals surface area contributed by atoms with E-state index in [4.69, 9.17) is 14.2 Å². The second-order valence-corrected chi connectivity index (χ2v) is 6.53. The second-order valence-electron chi connectivity index (χ2n) is 6.53. The van der Waals surface area contributed by atoms with Gasteiger partial charge in [-0.25, -0.2) is 0 Å². The predicted octanol–water partition coefficient (Wildman–Crippen LogP) is 2.53. The number of carbonyl (C=O) groups excluding carboxylic acids is 3. The first-order valence-electron chi connectivity index (χ1n) is 9.17. The average molecular weight is 398 g/mol. The minimum absolute atomic E-state index is 0.0159. The van der Waals surface area contributed by atoms with Crippen molar-refractivity contribution in [1.29, 1.82) is 0 Å². The van der Waals surface area contributed by atoms with Gasteiger partial charge in [0.15, 0.2) is 17.6 Å². The van der Waals surface area contributed by atoms with E-state index in [2.05, 4.69) is 10.6 Å². The molecule has 152 valence electrons. The van der Waals surface area contributed by atoms with Crippen LogP contribution in [-0.2, 0) is 25.5 Å². The number of ether oxygens (including phenoxy) is 3. The van der Waals surface area contributed by atoms with Gasteiger partial charge in [0.25, 0.3) is 5.91 Å². The van der Waals surface area contributed by atoms with E-state index in [0.29, 0.717) is 41.7 Å². The quantitative estimate of drug-likeness (QED) is 0.725. The average Bonchev–Trinajstić information content (AvgIpc) is 2.69. The van der Waals surface area contributed by atoms with Crippen molar-refractivity contribution in [2.45, 2.75) is 26.4 Å². The highest BCUT2D eigenvalue weighted by atomic mass is 16.6. The number of anilines is 2. The lowest BCUT2D eigenvalue weighted by Gasteiger charge is -2.19. The van der Waals surface area contributed by atoms with E-state index in [1.165, 1.54) is 13.8 Å². The number of benzene rings is 2. The number of nitrogens with one attached hydrogen (secondary N) is 2. The lowest BCUT2D eigenvalue weighted by molar-refractivity contribution is -0.152. The molecule has 0 unspecified atom stereocenters. The number of rotatable bonds is 6. The van der Waals surface area contributed by atoms with Crippen molar-refractivity contribution in [2.75, 3.05) is 23.8 Å². The second kappa shape index (κ2) is 9.09. The molecule has 0 saturated carbocycles. The number of hydrogen-bond donors (Lipinski definition) is 2. The summed E-state index contributed by atoms with van der Waals surface area (Å²) < 4.78 is 16.1. The Morgan fingerprint density at radius 3 is 2.31 bits per heavy atom. The Hall–Kier alpha value is -3.55. The summed E-state index contributed by atoms with van der Waals surface area (Å²) in [6.07, 6.45) is -0.948. The van der Waals surface area contributed by atoms with Crippen LogP contribution < -0.4 is 20.1 Å². The van der Waals surface area contributed by atoms with Gasteiger partial charge in [0.05, 0.1) is 6.42 Å². The molecule has 0 aromatic heterocycles. The third-order valence-corrected chi connectivity index (χ3v) is 4.11. The molecule has 8 nitrogen and oxygen atoms in total. The topological polar surface area (TPSA) is 103 Å². The number of hydrogen-bond acceptors (Lipinski definition) is 6. The summed E-state index contributed by atoms with van der Waals surface area (Å²) >= 11 is 0. The van der Waals surface area contributed by atoms with Crippen LogP contribution in [-0.4, -0.2) is 37.1 Å². The lowest BCUT2D eigenvalue weighted by Crippen LogP contribution is -2.30. The van der Waals surface area contributed by atoms with Crippen molar-refractivity contribution in [3.63, 3.8) is 0 Å². The van der Waals surface area contributed by atoms with Crippen LogP contribution in [0.15, 0.2) is 42.5 Å². The molecule has 1 atom stereocenters. The van der Waals surface area contributed by atoms with Crippen LogP contribution in [0.3, 0.4) is 0 Å². The molecule has 0 aliphatic carbocycles. The molecular weight excluding hydrogens is 376 g/mol. The Bertz CT molecular complexity index is 910. The van der Waals surface area contributed by atoms with E-state index >= 15 is 0 Å². The smallest absolute Gasteiger partial charge is 0.311 e. The molecule has 2 N–H and O–H groups in total. The Labute approximate surface area is 168 Å². The van der Waals surface area contributed by atoms with Crippen LogP contribution >= 0.6 is 0 Å². The molecular formula is C21H22N2O6. The number of amides is 2. The summed E-state index contributed by atoms with van der Waals surface area (Å²) in [6, 6.07) is 11.9. The van der Waals surface area contributed by atoms with Crippen LogP contribution in [0.2, 0.25) is 0 Å². The monoisotopic (exact) mass is 398 g/mol. The van der Waals surface area contributed by atoms with Crippen LogP contribution in [0.25, 0.3) is 0 Å². The van der Waals surface area contributed by atoms with Gasteiger partial charge in [0.1, 0.15) is 13.2 Å². The number of esters is 1. The molecule has 1 heterocycles. The molecule has 2 amide bonds. The maximum atomic E-state index is 12.3. The third-order valence-electron chi connectivity index (χ3n) is 4.11. The first kappa shape index (κ1) is 20.2. The zero-order valence-corrected chi connectivity index (χ0v) is 16.2. The van der Waals surface area contributed by atoms with Crippen molar-refractivity contribution in [1.82, 2.24) is 0 Å². The van der Waals surface area contributed by atoms with E-state index in [0.717, 1.165) is 0 Å². The molecule has 29 heavy (non-hydrogen) atoms. The van der Waals surface area contributed by atoms with Crippen LogP contribution in [0, 0.1) is 0 Å². The zero-order chi connectivity index (χ0) is 20.8. The van der Waals surface area contributed by atoms with Crippen LogP contribution in [0.4, 0.5) is 11.4 Å². The van der Waals surface area contributed by atoms with E-state index < -0.39 is 18.0 Å². The van der Waals surface area contributed by atoms with Gasteiger partial charge in [-0.05, 0) is 36.8 Å². The molecule has 8 heteroatoms. The first-order chi connectivity index (χ1) is 13.9. The third kappa shape index (κ3) is 5.71. The summed E-state index contributed by atoms with van der Waals surface area (Å²) in [4.78, 5) is 35.5. The zero-order valence-electron chi connectivity index (χ0n) is 16.2. The predicted molar refractivity (Wildman–Crippen MR) is 106 cm³/mol. The van der Waals surface area contributed by atoms with Gasteiger partial charge in [0, 0.05) is 24.4 Å². The van der Waals surface area contributed by atoms with Gasteiger partial charge in [-0.3, -0.25) is 14.4 Å². The Balaban J connectivity index is 1.51. The van der Waals surface area contributed by atoms with E-state index in [9.17, 15) is 14.4 Å². The summed E-state index contributed by atoms with van der Waals surface area (Å²) in [5, 5.41) is 5.34. The molecule has 0 saturated heterocycles. The SMILES string of the molecule is CC(=O)Nc1ccc(CC(=O)O[C@H](C)C(=O)Nc2ccc3c(c2)OCCO3)cc1. The maximum absolute atomic E-state index is 12.3. The van der Waals surface area contributed by atoms with Gasteiger partial charge in [-0.15, -0.1) is 0 Å². The number of carbonyl (C=O) groups is 3. The minimum atomic E-state index is -0.964. The fraction of sp³-hybridized carbons (Fsp3) is 0.286. The largest absolute Gasteiger partial charge is 0.486 e. The summed E-state index contributed by atoms with van der Waals surface area (Å²) in [5.74, 6) is 0.0350. The highest BCUT2D eigenvalue weighted by Crippen LogP contribution is 2.32. The molecule has 2 aromatic carbocycles. The van der Waals surface area contributed by atoms with Gasteiger partial charge in [-0.2, -0.15) is 0 Å². The van der Waals surface area contributed by atoms with Crippen molar-refractivity contribution < 1.29 is 28.6 Å². The van der Waals surface area contributed by atoms with Gasteiger partial charge in [-0.1, -0.05) is 12.1 Å². The molecule has 0 fully saturated rings. The summed E-state index contributed by atoms with van der Waals surface area (Å²) in [5.41, 5.74) is 1.88. The van der Waals surface area contributed by atoms with Crippen molar-refractivity contribution in [2.24, 2.45) is 0 Å². The number of fused-ring (bicyclic) bond motifs is 1. The van der Waals surface area contributed by atoms with Crippen molar-refractivity contribution >= 4 is 29.2 Å². The molecule has 3 rings (SSSR count). The Kier molecular flexibility index (Phi) is 6.33. The summed E-state index contributed by atoms with van der Waals surface area (Å²) in [6.45, 7) is 3.86. The van der Waals surface area contributed by atoms with Crippen LogP contribution in [0.5, 0.6) is 11.5 Å². The molecule has 0 spiro atoms. The van der Waals surface area contributed by atoms with E-state index in [1.54, 1.807) is 42.5 Å². The Morgan fingerprint density at radius 2 is 1.62 bits per heavy atom. The Morgan fingerprint density at radius 1 is 0.966 bits per heavy atom. The molecule has 1 aliphatic rings. The van der Waals surface area contributed by atoms with Gasteiger partial charge in [0.2, 0.25) is 5.91 Å². The standard InChI is InChI=1S/C21H22N2O6/c1-13(21(26)23-17-7-8-18-19(12-17)28-10-9-27-18)29-20(25)11-15-3-5-16(6-4-15)22-14(2)24/h3-8,12-13H,9-11H2,1-2H3,(H,22,24)(H,23,26)/t13-/m1/s1. The van der Waals surface area contributed by atoms with Crippen LogP contribution in [0.1, 0.15) is 19.4 Å². The van der Waals surface area contributed by atoms with Crippen molar-refractivity contribution in [3.05, 3.63) is 48.0 Å². The summed E-state index contributed by atoms with van der Waals surface area (Å²) in [7, 11) is 0. The fourth-order valence-electron chi connectivity index (χ4n) is 2.73. The van der Waals surface area contributed by atoms with E-state index in [-0.39, 0.29) is 12.3 Å². The highest BCUT2D eigenvalue weighted by molar-refractivity contribution is 5.95. The van der Waals surface area contributed by atoms with Gasteiger partial charge < -0.3 is 24.8 Å². The van der Waals surface area contributed by atoms with Crippen molar-refractivity contribution in [3.8, 4) is 11.5 Å². The fourth-order valence-corrected chi connectivity index (χ4v) is 2.73. The lowest BCUT2D eigenvalue weighted by atomic mass is 10.1. The van der Waals surface area contributed by atoms with E-state index in [1.807, 2.05) is 0 Å².